The van der Waals surface area contributed by atoms with E-state index in [4.69, 9.17) is 16.7 Å². The van der Waals surface area contributed by atoms with Gasteiger partial charge in [0.05, 0.1) is 16.6 Å². The number of halogens is 1. The summed E-state index contributed by atoms with van der Waals surface area (Å²) < 4.78 is 26.6. The Morgan fingerprint density at radius 3 is 2.45 bits per heavy atom. The van der Waals surface area contributed by atoms with Gasteiger partial charge in [-0.25, -0.2) is 13.1 Å². The zero-order valence-electron chi connectivity index (χ0n) is 10.9. The first-order chi connectivity index (χ1) is 9.19. The van der Waals surface area contributed by atoms with Gasteiger partial charge in [-0.05, 0) is 12.0 Å². The maximum Gasteiger partial charge on any atom is 0.271 e. The van der Waals surface area contributed by atoms with Crippen LogP contribution in [0.15, 0.2) is 23.1 Å². The molecule has 2 N–H and O–H groups in total. The molecule has 0 bridgehead atoms. The van der Waals surface area contributed by atoms with Gasteiger partial charge in [0, 0.05) is 18.2 Å². The highest BCUT2D eigenvalue weighted by Crippen LogP contribution is 2.26. The first-order valence-corrected chi connectivity index (χ1v) is 7.62. The van der Waals surface area contributed by atoms with Crippen LogP contribution in [0.2, 0.25) is 5.02 Å². The average molecular weight is 323 g/mol. The standard InChI is InChI=1S/C11H15ClN2O5S/c1-7(2)10(6-15)13-20(18,19)11-4-3-8(14(16)17)5-9(11)12/h3-5,7,10,13,15H,6H2,1-2H3/t10-/m1/s1. The lowest BCUT2D eigenvalue weighted by molar-refractivity contribution is -0.384. The van der Waals surface area contributed by atoms with Crippen molar-refractivity contribution in [1.29, 1.82) is 0 Å². The van der Waals surface area contributed by atoms with Crippen LogP contribution in [-0.4, -0.2) is 31.1 Å². The topological polar surface area (TPSA) is 110 Å². The number of benzene rings is 1. The van der Waals surface area contributed by atoms with Crippen molar-refractivity contribution in [3.63, 3.8) is 0 Å². The van der Waals surface area contributed by atoms with Gasteiger partial charge in [-0.3, -0.25) is 10.1 Å². The van der Waals surface area contributed by atoms with E-state index in [2.05, 4.69) is 4.72 Å². The highest BCUT2D eigenvalue weighted by Gasteiger charge is 2.25. The third kappa shape index (κ3) is 3.89. The van der Waals surface area contributed by atoms with Gasteiger partial charge in [-0.2, -0.15) is 0 Å². The number of nitrogens with one attached hydrogen (secondary N) is 1. The van der Waals surface area contributed by atoms with E-state index in [-0.39, 0.29) is 28.1 Å². The average Bonchev–Trinajstić information content (AvgIpc) is 2.35. The number of rotatable bonds is 6. The Balaban J connectivity index is 3.13. The fourth-order valence-corrected chi connectivity index (χ4v) is 3.38. The minimum Gasteiger partial charge on any atom is -0.395 e. The van der Waals surface area contributed by atoms with Crippen LogP contribution in [0.4, 0.5) is 5.69 Å². The first kappa shape index (κ1) is 16.8. The Morgan fingerprint density at radius 2 is 2.05 bits per heavy atom. The summed E-state index contributed by atoms with van der Waals surface area (Å²) in [6.07, 6.45) is 0. The summed E-state index contributed by atoms with van der Waals surface area (Å²) >= 11 is 5.78. The molecule has 0 aliphatic heterocycles. The molecule has 0 saturated heterocycles. The van der Waals surface area contributed by atoms with Crippen LogP contribution < -0.4 is 4.72 Å². The van der Waals surface area contributed by atoms with E-state index >= 15 is 0 Å². The van der Waals surface area contributed by atoms with Gasteiger partial charge in [0.2, 0.25) is 10.0 Å². The molecule has 1 aromatic rings. The van der Waals surface area contributed by atoms with Gasteiger partial charge < -0.3 is 5.11 Å². The Hall–Kier alpha value is -1.22. The molecule has 1 rings (SSSR count). The summed E-state index contributed by atoms with van der Waals surface area (Å²) in [6, 6.07) is 2.44. The monoisotopic (exact) mass is 322 g/mol. The molecule has 0 aliphatic carbocycles. The summed E-state index contributed by atoms with van der Waals surface area (Å²) in [5.41, 5.74) is -0.295. The molecule has 20 heavy (non-hydrogen) atoms. The molecule has 7 nitrogen and oxygen atoms in total. The highest BCUT2D eigenvalue weighted by atomic mass is 35.5. The van der Waals surface area contributed by atoms with Crippen LogP contribution in [0, 0.1) is 16.0 Å². The zero-order valence-corrected chi connectivity index (χ0v) is 12.5. The third-order valence-electron chi connectivity index (χ3n) is 2.72. The quantitative estimate of drug-likeness (QED) is 0.610. The Labute approximate surface area is 121 Å². The van der Waals surface area contributed by atoms with E-state index in [1.54, 1.807) is 13.8 Å². The first-order valence-electron chi connectivity index (χ1n) is 5.76. The van der Waals surface area contributed by atoms with Crippen molar-refractivity contribution in [1.82, 2.24) is 4.72 Å². The fourth-order valence-electron chi connectivity index (χ4n) is 1.47. The highest BCUT2D eigenvalue weighted by molar-refractivity contribution is 7.89. The summed E-state index contributed by atoms with van der Waals surface area (Å²) in [5, 5.41) is 19.5. The predicted molar refractivity (Wildman–Crippen MR) is 74.1 cm³/mol. The van der Waals surface area contributed by atoms with Gasteiger partial charge in [-0.15, -0.1) is 0 Å². The maximum absolute atomic E-state index is 12.1. The van der Waals surface area contributed by atoms with Crippen molar-refractivity contribution in [2.24, 2.45) is 5.92 Å². The van der Waals surface area contributed by atoms with Crippen LogP contribution in [-0.2, 0) is 10.0 Å². The van der Waals surface area contributed by atoms with E-state index in [9.17, 15) is 18.5 Å². The second-order valence-electron chi connectivity index (χ2n) is 4.53. The van der Waals surface area contributed by atoms with Gasteiger partial charge in [0.25, 0.3) is 5.69 Å². The molecule has 0 heterocycles. The number of nitro benzene ring substituents is 1. The maximum atomic E-state index is 12.1. The molecule has 112 valence electrons. The number of aliphatic hydroxyl groups is 1. The molecule has 0 saturated carbocycles. The van der Waals surface area contributed by atoms with Crippen LogP contribution in [0.1, 0.15) is 13.8 Å². The number of nitrogens with zero attached hydrogens (tertiary/aromatic N) is 1. The molecule has 0 spiro atoms. The van der Waals surface area contributed by atoms with E-state index in [1.807, 2.05) is 0 Å². The molecule has 0 unspecified atom stereocenters. The molecule has 0 aliphatic rings. The third-order valence-corrected chi connectivity index (χ3v) is 4.70. The van der Waals surface area contributed by atoms with Crippen LogP contribution >= 0.6 is 11.6 Å². The van der Waals surface area contributed by atoms with Crippen molar-refractivity contribution in [3.8, 4) is 0 Å². The fraction of sp³-hybridized carbons (Fsp3) is 0.455. The van der Waals surface area contributed by atoms with Crippen molar-refractivity contribution < 1.29 is 18.4 Å². The van der Waals surface area contributed by atoms with E-state index < -0.39 is 21.0 Å². The lowest BCUT2D eigenvalue weighted by atomic mass is 10.1. The van der Waals surface area contributed by atoms with Crippen molar-refractivity contribution in [2.75, 3.05) is 6.61 Å². The summed E-state index contributed by atoms with van der Waals surface area (Å²) in [5.74, 6) is -0.119. The van der Waals surface area contributed by atoms with Crippen LogP contribution in [0.5, 0.6) is 0 Å². The van der Waals surface area contributed by atoms with Crippen LogP contribution in [0.25, 0.3) is 0 Å². The van der Waals surface area contributed by atoms with Gasteiger partial charge in [0.15, 0.2) is 0 Å². The Bertz CT molecular complexity index is 603. The lowest BCUT2D eigenvalue weighted by Gasteiger charge is -2.20. The van der Waals surface area contributed by atoms with Gasteiger partial charge >= 0.3 is 0 Å². The predicted octanol–water partition coefficient (Wildman–Crippen LogP) is 1.54. The number of hydrogen-bond acceptors (Lipinski definition) is 5. The number of hydrogen-bond donors (Lipinski definition) is 2. The minimum absolute atomic E-state index is 0.119. The SMILES string of the molecule is CC(C)[C@@H](CO)NS(=O)(=O)c1ccc([N+](=O)[O-])cc1Cl. The molecule has 0 amide bonds. The number of sulfonamides is 1. The Morgan fingerprint density at radius 1 is 1.45 bits per heavy atom. The Kier molecular flexibility index (Phi) is 5.46. The number of aliphatic hydroxyl groups excluding tert-OH is 1. The molecular formula is C11H15ClN2O5S. The van der Waals surface area contributed by atoms with Crippen molar-refractivity contribution >= 4 is 27.3 Å². The van der Waals surface area contributed by atoms with Crippen molar-refractivity contribution in [2.45, 2.75) is 24.8 Å². The normalized spacial score (nSPS) is 13.4. The van der Waals surface area contributed by atoms with Crippen LogP contribution in [0.3, 0.4) is 0 Å². The smallest absolute Gasteiger partial charge is 0.271 e. The molecule has 9 heteroatoms. The van der Waals surface area contributed by atoms with Gasteiger partial charge in [-0.1, -0.05) is 25.4 Å². The number of non-ortho nitro benzene ring substituents is 1. The largest absolute Gasteiger partial charge is 0.395 e. The zero-order chi connectivity index (χ0) is 15.5. The molecule has 0 fully saturated rings. The van der Waals surface area contributed by atoms with E-state index in [0.717, 1.165) is 18.2 Å². The minimum atomic E-state index is -3.95. The van der Waals surface area contributed by atoms with Crippen molar-refractivity contribution in [3.05, 3.63) is 33.3 Å². The molecule has 1 aromatic carbocycles. The summed E-state index contributed by atoms with van der Waals surface area (Å²) in [4.78, 5) is 9.65. The summed E-state index contributed by atoms with van der Waals surface area (Å²) in [6.45, 7) is 3.14. The molecular weight excluding hydrogens is 308 g/mol. The van der Waals surface area contributed by atoms with E-state index in [0.29, 0.717) is 0 Å². The molecule has 0 radical (unpaired) electrons. The van der Waals surface area contributed by atoms with E-state index in [1.165, 1.54) is 0 Å². The molecule has 0 aromatic heterocycles. The second-order valence-corrected chi connectivity index (χ2v) is 6.62. The number of nitro groups is 1. The van der Waals surface area contributed by atoms with Gasteiger partial charge in [0.1, 0.15) is 4.90 Å². The lowest BCUT2D eigenvalue weighted by Crippen LogP contribution is -2.41. The summed E-state index contributed by atoms with van der Waals surface area (Å²) in [7, 11) is -3.95. The molecule has 1 atom stereocenters. The second kappa shape index (κ2) is 6.49.